The predicted octanol–water partition coefficient (Wildman–Crippen LogP) is 5.08. The van der Waals surface area contributed by atoms with Crippen molar-refractivity contribution in [3.8, 4) is 5.75 Å². The second-order valence-electron chi connectivity index (χ2n) is 11.8. The Hall–Kier alpha value is -4.33. The zero-order valence-electron chi connectivity index (χ0n) is 25.0. The van der Waals surface area contributed by atoms with Crippen LogP contribution in [0.2, 0.25) is 0 Å². The third-order valence-electron chi connectivity index (χ3n) is 6.70. The van der Waals surface area contributed by atoms with Crippen molar-refractivity contribution in [1.82, 2.24) is 16.0 Å². The second kappa shape index (κ2) is 15.1. The van der Waals surface area contributed by atoms with Gasteiger partial charge in [0, 0.05) is 19.4 Å². The third-order valence-corrected chi connectivity index (χ3v) is 6.70. The number of aromatic hydroxyl groups is 1. The molecule has 3 amide bonds. The van der Waals surface area contributed by atoms with Crippen LogP contribution in [-0.4, -0.2) is 46.7 Å². The van der Waals surface area contributed by atoms with Crippen molar-refractivity contribution < 1.29 is 24.2 Å². The summed E-state index contributed by atoms with van der Waals surface area (Å²) >= 11 is 0. The normalized spacial score (nSPS) is 13.3. The molecule has 0 radical (unpaired) electrons. The first kappa shape index (κ1) is 32.2. The van der Waals surface area contributed by atoms with Crippen molar-refractivity contribution in [1.29, 1.82) is 0 Å². The zero-order valence-corrected chi connectivity index (χ0v) is 25.0. The fourth-order valence-electron chi connectivity index (χ4n) is 4.57. The number of unbranched alkanes of at least 4 members (excludes halogenated alkanes) is 1. The molecule has 0 aliphatic rings. The summed E-state index contributed by atoms with van der Waals surface area (Å²) in [7, 11) is 0. The van der Waals surface area contributed by atoms with Gasteiger partial charge in [-0.3, -0.25) is 9.59 Å². The van der Waals surface area contributed by atoms with E-state index in [4.69, 9.17) is 4.74 Å². The first-order valence-corrected chi connectivity index (χ1v) is 14.4. The Kier molecular flexibility index (Phi) is 11.5. The van der Waals surface area contributed by atoms with Crippen molar-refractivity contribution in [3.63, 3.8) is 0 Å². The number of phenolic OH excluding ortho intramolecular Hbond substituents is 1. The molecule has 0 heterocycles. The van der Waals surface area contributed by atoms with Crippen LogP contribution in [-0.2, 0) is 33.6 Å². The predicted molar refractivity (Wildman–Crippen MR) is 164 cm³/mol. The van der Waals surface area contributed by atoms with E-state index in [1.54, 1.807) is 39.8 Å². The lowest BCUT2D eigenvalue weighted by Gasteiger charge is -2.32. The molecular weight excluding hydrogens is 530 g/mol. The zero-order chi connectivity index (χ0) is 30.6. The average molecular weight is 574 g/mol. The smallest absolute Gasteiger partial charge is 0.408 e. The van der Waals surface area contributed by atoms with Gasteiger partial charge in [-0.15, -0.1) is 0 Å². The Bertz CT molecular complexity index is 1290. The highest BCUT2D eigenvalue weighted by atomic mass is 16.6. The lowest BCUT2D eigenvalue weighted by molar-refractivity contribution is -0.133. The number of benzene rings is 3. The second-order valence-corrected chi connectivity index (χ2v) is 11.8. The Morgan fingerprint density at radius 3 is 1.98 bits per heavy atom. The molecule has 3 aromatic carbocycles. The first-order valence-electron chi connectivity index (χ1n) is 14.4. The number of carbonyl (C=O) groups excluding carboxylic acids is 3. The quantitative estimate of drug-likeness (QED) is 0.213. The average Bonchev–Trinajstić information content (AvgIpc) is 2.93. The number of phenols is 1. The van der Waals surface area contributed by atoms with Gasteiger partial charge in [0.15, 0.2) is 0 Å². The molecule has 42 heavy (non-hydrogen) atoms. The summed E-state index contributed by atoms with van der Waals surface area (Å²) in [6.07, 6.45) is 2.22. The number of hydrogen-bond donors (Lipinski definition) is 4. The van der Waals surface area contributed by atoms with Crippen LogP contribution < -0.4 is 16.0 Å². The van der Waals surface area contributed by atoms with Gasteiger partial charge >= 0.3 is 6.09 Å². The van der Waals surface area contributed by atoms with Gasteiger partial charge in [-0.25, -0.2) is 4.79 Å². The van der Waals surface area contributed by atoms with Crippen LogP contribution in [0.1, 0.15) is 57.2 Å². The maximum atomic E-state index is 13.7. The van der Waals surface area contributed by atoms with Crippen LogP contribution in [0.5, 0.6) is 5.75 Å². The molecule has 4 N–H and O–H groups in total. The molecule has 0 saturated carbocycles. The van der Waals surface area contributed by atoms with E-state index in [9.17, 15) is 19.5 Å². The molecule has 3 aromatic rings. The van der Waals surface area contributed by atoms with Crippen LogP contribution in [0.25, 0.3) is 0 Å². The minimum atomic E-state index is -1.28. The molecule has 2 atom stereocenters. The number of hydrogen-bond acceptors (Lipinski definition) is 5. The lowest BCUT2D eigenvalue weighted by atomic mass is 9.90. The summed E-state index contributed by atoms with van der Waals surface area (Å²) in [4.78, 5) is 40.0. The Labute approximate surface area is 248 Å². The number of nitrogens with one attached hydrogen (secondary N) is 3. The first-order chi connectivity index (χ1) is 19.9. The molecule has 8 nitrogen and oxygen atoms in total. The summed E-state index contributed by atoms with van der Waals surface area (Å²) in [5.74, 6) is -0.552. The van der Waals surface area contributed by atoms with Crippen LogP contribution >= 0.6 is 0 Å². The van der Waals surface area contributed by atoms with Crippen LogP contribution in [0.15, 0.2) is 84.9 Å². The van der Waals surface area contributed by atoms with Crippen molar-refractivity contribution in [2.75, 3.05) is 6.54 Å². The highest BCUT2D eigenvalue weighted by Crippen LogP contribution is 2.17. The van der Waals surface area contributed by atoms with Crippen molar-refractivity contribution >= 4 is 17.9 Å². The molecular formula is C34H43N3O5. The molecule has 0 saturated heterocycles. The Balaban J connectivity index is 1.71. The van der Waals surface area contributed by atoms with Gasteiger partial charge in [0.05, 0.1) is 0 Å². The fraction of sp³-hybridized carbons (Fsp3) is 0.382. The van der Waals surface area contributed by atoms with Gasteiger partial charge in [-0.05, 0) is 75.8 Å². The SMILES string of the molecule is CC(C)(C)OC(=O)N[C@H](Cc1ccccc1)C(=O)N[C@](C)(Cc1ccccc1)C(=O)NCCCCc1ccc(O)cc1. The molecule has 3 rings (SSSR count). The van der Waals surface area contributed by atoms with Crippen LogP contribution in [0.3, 0.4) is 0 Å². The molecule has 0 aliphatic heterocycles. The maximum absolute atomic E-state index is 13.7. The minimum absolute atomic E-state index is 0.228. The summed E-state index contributed by atoms with van der Waals surface area (Å²) in [5, 5.41) is 18.1. The van der Waals surface area contributed by atoms with Crippen molar-refractivity contribution in [3.05, 3.63) is 102 Å². The van der Waals surface area contributed by atoms with E-state index >= 15 is 0 Å². The standard InChI is InChI=1S/C34H43N3O5/c1-33(2,3)42-32(41)36-29(23-26-14-7-5-8-15-26)30(39)37-34(4,24-27-16-9-6-10-17-27)31(40)35-22-12-11-13-25-18-20-28(38)21-19-25/h5-10,14-21,29,38H,11-13,22-24H2,1-4H3,(H,35,40)(H,36,41)(H,37,39)/t29-,34-/m1/s1. The van der Waals surface area contributed by atoms with Crippen molar-refractivity contribution in [2.45, 2.75) is 77.0 Å². The van der Waals surface area contributed by atoms with Crippen molar-refractivity contribution in [2.24, 2.45) is 0 Å². The molecule has 0 spiro atoms. The Morgan fingerprint density at radius 1 is 0.786 bits per heavy atom. The lowest BCUT2D eigenvalue weighted by Crippen LogP contribution is -2.62. The molecule has 0 unspecified atom stereocenters. The van der Waals surface area contributed by atoms with E-state index in [-0.39, 0.29) is 24.5 Å². The van der Waals surface area contributed by atoms with E-state index in [0.29, 0.717) is 6.54 Å². The number of aryl methyl sites for hydroxylation is 1. The molecule has 0 aromatic heterocycles. The van der Waals surface area contributed by atoms with E-state index < -0.39 is 29.2 Å². The van der Waals surface area contributed by atoms with E-state index in [2.05, 4.69) is 16.0 Å². The Morgan fingerprint density at radius 2 is 1.38 bits per heavy atom. The number of carbonyl (C=O) groups is 3. The largest absolute Gasteiger partial charge is 0.508 e. The summed E-state index contributed by atoms with van der Waals surface area (Å²) < 4.78 is 5.42. The number of rotatable bonds is 13. The summed E-state index contributed by atoms with van der Waals surface area (Å²) in [5.41, 5.74) is 0.850. The van der Waals surface area contributed by atoms with Crippen LogP contribution in [0, 0.1) is 0 Å². The third kappa shape index (κ3) is 10.9. The molecule has 0 bridgehead atoms. The number of ether oxygens (including phenoxy) is 1. The summed E-state index contributed by atoms with van der Waals surface area (Å²) in [6, 6.07) is 25.0. The molecule has 224 valence electrons. The number of amides is 3. The van der Waals surface area contributed by atoms with Gasteiger partial charge in [0.2, 0.25) is 11.8 Å². The fourth-order valence-corrected chi connectivity index (χ4v) is 4.57. The van der Waals surface area contributed by atoms with E-state index in [1.807, 2.05) is 72.8 Å². The molecule has 0 aliphatic carbocycles. The molecule has 8 heteroatoms. The summed E-state index contributed by atoms with van der Waals surface area (Å²) in [6.45, 7) is 7.41. The minimum Gasteiger partial charge on any atom is -0.508 e. The molecule has 0 fully saturated rings. The van der Waals surface area contributed by atoms with Gasteiger partial charge in [-0.1, -0.05) is 72.8 Å². The van der Waals surface area contributed by atoms with E-state index in [0.717, 1.165) is 36.0 Å². The highest BCUT2D eigenvalue weighted by Gasteiger charge is 2.37. The highest BCUT2D eigenvalue weighted by molar-refractivity contribution is 5.94. The number of alkyl carbamates (subject to hydrolysis) is 1. The van der Waals surface area contributed by atoms with Gasteiger partial charge in [0.25, 0.3) is 0 Å². The van der Waals surface area contributed by atoms with Gasteiger partial charge in [-0.2, -0.15) is 0 Å². The maximum Gasteiger partial charge on any atom is 0.408 e. The van der Waals surface area contributed by atoms with E-state index in [1.165, 1.54) is 0 Å². The van der Waals surface area contributed by atoms with Crippen LogP contribution in [0.4, 0.5) is 4.79 Å². The van der Waals surface area contributed by atoms with Gasteiger partial charge < -0.3 is 25.8 Å². The van der Waals surface area contributed by atoms with Gasteiger partial charge in [0.1, 0.15) is 22.9 Å². The monoisotopic (exact) mass is 573 g/mol. The topological polar surface area (TPSA) is 117 Å².